The van der Waals surface area contributed by atoms with Crippen molar-refractivity contribution in [2.75, 3.05) is 6.26 Å². The molecule has 1 N–H and O–H groups in total. The largest absolute Gasteiger partial charge is 0.348 e. The number of aromatic nitrogens is 1. The Morgan fingerprint density at radius 2 is 1.62 bits per heavy atom. The fourth-order valence-electron chi connectivity index (χ4n) is 3.43. The third kappa shape index (κ3) is 4.86. The standard InChI is InChI=1S/C24H24N2O5S/c1-15-6-5-7-19(12-15)26-16(2)21(17(3)27)13-22(24(26)29)23(28)25-14-18-8-10-20(11-9-18)32(4,30)31/h5-13H,14H2,1-4H3,(H,25,28). The molecule has 166 valence electrons. The fourth-order valence-corrected chi connectivity index (χ4v) is 4.06. The molecule has 0 aliphatic carbocycles. The van der Waals surface area contributed by atoms with Gasteiger partial charge in [-0.1, -0.05) is 24.3 Å². The highest BCUT2D eigenvalue weighted by Gasteiger charge is 2.20. The molecule has 0 saturated heterocycles. The molecule has 0 aliphatic heterocycles. The Balaban J connectivity index is 1.97. The molecule has 0 saturated carbocycles. The number of carbonyl (C=O) groups excluding carboxylic acids is 2. The first-order chi connectivity index (χ1) is 15.0. The van der Waals surface area contributed by atoms with Crippen LogP contribution in [0.3, 0.4) is 0 Å². The van der Waals surface area contributed by atoms with Crippen LogP contribution in [0.2, 0.25) is 0 Å². The number of rotatable bonds is 6. The van der Waals surface area contributed by atoms with Crippen molar-refractivity contribution in [3.05, 3.63) is 92.9 Å². The molecule has 0 unspecified atom stereocenters. The fraction of sp³-hybridized carbons (Fsp3) is 0.208. The first-order valence-electron chi connectivity index (χ1n) is 9.91. The molecular weight excluding hydrogens is 428 g/mol. The van der Waals surface area contributed by atoms with Gasteiger partial charge in [0, 0.05) is 29.7 Å². The SMILES string of the molecule is CC(=O)c1cc(C(=O)NCc2ccc(S(C)(=O)=O)cc2)c(=O)n(-c2cccc(C)c2)c1C. The van der Waals surface area contributed by atoms with Crippen molar-refractivity contribution in [2.24, 2.45) is 0 Å². The maximum atomic E-state index is 13.2. The number of hydrogen-bond acceptors (Lipinski definition) is 5. The molecule has 8 heteroatoms. The van der Waals surface area contributed by atoms with Gasteiger partial charge in [-0.2, -0.15) is 0 Å². The molecule has 3 aromatic rings. The number of benzene rings is 2. The normalized spacial score (nSPS) is 11.2. The van der Waals surface area contributed by atoms with Gasteiger partial charge in [-0.05, 0) is 62.2 Å². The molecule has 0 radical (unpaired) electrons. The minimum Gasteiger partial charge on any atom is -0.348 e. The summed E-state index contributed by atoms with van der Waals surface area (Å²) in [5, 5.41) is 2.68. The maximum absolute atomic E-state index is 13.2. The predicted octanol–water partition coefficient (Wildman–Crippen LogP) is 2.99. The van der Waals surface area contributed by atoms with Crippen molar-refractivity contribution in [3.63, 3.8) is 0 Å². The number of nitrogens with one attached hydrogen (secondary N) is 1. The van der Waals surface area contributed by atoms with Crippen molar-refractivity contribution < 1.29 is 18.0 Å². The van der Waals surface area contributed by atoms with Gasteiger partial charge >= 0.3 is 0 Å². The topological polar surface area (TPSA) is 102 Å². The molecule has 0 spiro atoms. The van der Waals surface area contributed by atoms with Crippen molar-refractivity contribution in [1.82, 2.24) is 9.88 Å². The number of Topliss-reactive ketones (excluding diaryl/α,β-unsaturated/α-hetero) is 1. The number of nitrogens with zero attached hydrogens (tertiary/aromatic N) is 1. The molecule has 2 aromatic carbocycles. The zero-order chi connectivity index (χ0) is 23.6. The molecule has 7 nitrogen and oxygen atoms in total. The molecule has 0 bridgehead atoms. The highest BCUT2D eigenvalue weighted by Crippen LogP contribution is 2.16. The molecule has 1 aromatic heterocycles. The van der Waals surface area contributed by atoms with Gasteiger partial charge in [-0.15, -0.1) is 0 Å². The lowest BCUT2D eigenvalue weighted by atomic mass is 10.1. The number of ketones is 1. The van der Waals surface area contributed by atoms with Crippen LogP contribution in [0.1, 0.15) is 44.5 Å². The van der Waals surface area contributed by atoms with E-state index in [0.29, 0.717) is 16.9 Å². The molecule has 0 fully saturated rings. The summed E-state index contributed by atoms with van der Waals surface area (Å²) in [4.78, 5) is 38.5. The van der Waals surface area contributed by atoms with Crippen LogP contribution < -0.4 is 10.9 Å². The molecule has 1 amide bonds. The second-order valence-corrected chi connectivity index (χ2v) is 9.71. The van der Waals surface area contributed by atoms with E-state index < -0.39 is 21.3 Å². The quantitative estimate of drug-likeness (QED) is 0.579. The van der Waals surface area contributed by atoms with Crippen molar-refractivity contribution >= 4 is 21.5 Å². The summed E-state index contributed by atoms with van der Waals surface area (Å²) in [5.74, 6) is -0.875. The van der Waals surface area contributed by atoms with Crippen LogP contribution in [0.15, 0.2) is 64.3 Å². The van der Waals surface area contributed by atoms with Gasteiger partial charge in [-0.25, -0.2) is 8.42 Å². The van der Waals surface area contributed by atoms with E-state index >= 15 is 0 Å². The molecule has 1 heterocycles. The Morgan fingerprint density at radius 1 is 0.969 bits per heavy atom. The Hall–Kier alpha value is -3.52. The summed E-state index contributed by atoms with van der Waals surface area (Å²) < 4.78 is 24.5. The van der Waals surface area contributed by atoms with E-state index in [-0.39, 0.29) is 28.4 Å². The van der Waals surface area contributed by atoms with E-state index in [0.717, 1.165) is 11.8 Å². The highest BCUT2D eigenvalue weighted by atomic mass is 32.2. The van der Waals surface area contributed by atoms with Crippen LogP contribution in [0, 0.1) is 13.8 Å². The zero-order valence-corrected chi connectivity index (χ0v) is 19.1. The highest BCUT2D eigenvalue weighted by molar-refractivity contribution is 7.90. The van der Waals surface area contributed by atoms with E-state index in [1.54, 1.807) is 31.2 Å². The Kier molecular flexibility index (Phi) is 6.45. The van der Waals surface area contributed by atoms with Crippen LogP contribution in [-0.4, -0.2) is 30.9 Å². The number of amides is 1. The van der Waals surface area contributed by atoms with Crippen molar-refractivity contribution in [2.45, 2.75) is 32.2 Å². The summed E-state index contributed by atoms with van der Waals surface area (Å²) >= 11 is 0. The van der Waals surface area contributed by atoms with Crippen LogP contribution in [-0.2, 0) is 16.4 Å². The van der Waals surface area contributed by atoms with Crippen molar-refractivity contribution in [1.29, 1.82) is 0 Å². The lowest BCUT2D eigenvalue weighted by molar-refractivity contribution is 0.0949. The lowest BCUT2D eigenvalue weighted by Gasteiger charge is -2.16. The van der Waals surface area contributed by atoms with Gasteiger partial charge in [0.15, 0.2) is 15.6 Å². The van der Waals surface area contributed by atoms with E-state index in [9.17, 15) is 22.8 Å². The number of hydrogen-bond donors (Lipinski definition) is 1. The van der Waals surface area contributed by atoms with Gasteiger partial charge in [-0.3, -0.25) is 19.0 Å². The third-order valence-corrected chi connectivity index (χ3v) is 6.26. The molecule has 32 heavy (non-hydrogen) atoms. The Morgan fingerprint density at radius 3 is 2.19 bits per heavy atom. The summed E-state index contributed by atoms with van der Waals surface area (Å²) in [6, 6.07) is 14.7. The van der Waals surface area contributed by atoms with E-state index in [1.165, 1.54) is 29.7 Å². The van der Waals surface area contributed by atoms with Gasteiger partial charge in [0.2, 0.25) is 0 Å². The number of pyridine rings is 1. The third-order valence-electron chi connectivity index (χ3n) is 5.14. The summed E-state index contributed by atoms with van der Waals surface area (Å²) in [5.41, 5.74) is 2.25. The molecule has 3 rings (SSSR count). The van der Waals surface area contributed by atoms with E-state index in [2.05, 4.69) is 5.32 Å². The van der Waals surface area contributed by atoms with Crippen LogP contribution in [0.5, 0.6) is 0 Å². The smallest absolute Gasteiger partial charge is 0.268 e. The van der Waals surface area contributed by atoms with Gasteiger partial charge in [0.1, 0.15) is 5.56 Å². The van der Waals surface area contributed by atoms with Crippen LogP contribution in [0.25, 0.3) is 5.69 Å². The van der Waals surface area contributed by atoms with E-state index in [4.69, 9.17) is 0 Å². The number of aryl methyl sites for hydroxylation is 1. The van der Waals surface area contributed by atoms with E-state index in [1.807, 2.05) is 19.1 Å². The van der Waals surface area contributed by atoms with Gasteiger partial charge < -0.3 is 5.32 Å². The lowest BCUT2D eigenvalue weighted by Crippen LogP contribution is -2.34. The average Bonchev–Trinajstić information content (AvgIpc) is 2.71. The first kappa shape index (κ1) is 23.1. The summed E-state index contributed by atoms with van der Waals surface area (Å²) in [7, 11) is -3.31. The molecule has 0 aliphatic rings. The first-order valence-corrected chi connectivity index (χ1v) is 11.8. The minimum atomic E-state index is -3.31. The van der Waals surface area contributed by atoms with Crippen LogP contribution in [0.4, 0.5) is 0 Å². The second-order valence-electron chi connectivity index (χ2n) is 7.69. The predicted molar refractivity (Wildman–Crippen MR) is 122 cm³/mol. The number of carbonyl (C=O) groups is 2. The summed E-state index contributed by atoms with van der Waals surface area (Å²) in [6.07, 6.45) is 1.12. The molecular formula is C24H24N2O5S. The summed E-state index contributed by atoms with van der Waals surface area (Å²) in [6.45, 7) is 5.04. The molecule has 0 atom stereocenters. The Bertz CT molecular complexity index is 1370. The minimum absolute atomic E-state index is 0.0933. The monoisotopic (exact) mass is 452 g/mol. The second kappa shape index (κ2) is 8.92. The van der Waals surface area contributed by atoms with Crippen LogP contribution >= 0.6 is 0 Å². The maximum Gasteiger partial charge on any atom is 0.268 e. The van der Waals surface area contributed by atoms with Gasteiger partial charge in [0.25, 0.3) is 11.5 Å². The Labute approximate surface area is 186 Å². The average molecular weight is 453 g/mol. The van der Waals surface area contributed by atoms with Crippen molar-refractivity contribution in [3.8, 4) is 5.69 Å². The van der Waals surface area contributed by atoms with Gasteiger partial charge in [0.05, 0.1) is 4.90 Å². The zero-order valence-electron chi connectivity index (χ0n) is 18.3. The number of sulfone groups is 1.